The molecular formula is C10H21NO2. The maximum Gasteiger partial charge on any atom is 0.305 e. The Hall–Kier alpha value is -0.830. The van der Waals surface area contributed by atoms with Crippen molar-refractivity contribution in [2.45, 2.75) is 39.7 Å². The van der Waals surface area contributed by atoms with Gasteiger partial charge in [0.15, 0.2) is 0 Å². The van der Waals surface area contributed by atoms with E-state index in [-0.39, 0.29) is 12.0 Å². The number of carbonyl (C=O) groups excluding carboxylic acids is 1. The molecule has 0 rings (SSSR count). The Morgan fingerprint density at radius 1 is 1.62 bits per heavy atom. The fourth-order valence-electron chi connectivity index (χ4n) is 0.318. The van der Waals surface area contributed by atoms with E-state index < -0.39 is 0 Å². The van der Waals surface area contributed by atoms with Gasteiger partial charge in [-0.15, -0.1) is 6.58 Å². The molecule has 3 nitrogen and oxygen atoms in total. The van der Waals surface area contributed by atoms with Gasteiger partial charge in [0.05, 0.1) is 6.61 Å². The fourth-order valence-corrected chi connectivity index (χ4v) is 0.318. The summed E-state index contributed by atoms with van der Waals surface area (Å²) in [6.07, 6.45) is 3.09. The van der Waals surface area contributed by atoms with Gasteiger partial charge < -0.3 is 10.5 Å². The normalized spacial score (nSPS) is 10.8. The molecule has 0 fully saturated rings. The van der Waals surface area contributed by atoms with Crippen molar-refractivity contribution in [2.75, 3.05) is 6.61 Å². The zero-order chi connectivity index (χ0) is 10.7. The Morgan fingerprint density at radius 3 is 2.31 bits per heavy atom. The first-order valence-corrected chi connectivity index (χ1v) is 4.62. The molecule has 0 aromatic rings. The van der Waals surface area contributed by atoms with Gasteiger partial charge in [-0.05, 0) is 13.3 Å². The number of rotatable bonds is 4. The summed E-state index contributed by atoms with van der Waals surface area (Å²) in [5, 5.41) is 0. The smallest absolute Gasteiger partial charge is 0.305 e. The molecule has 3 heteroatoms. The van der Waals surface area contributed by atoms with Crippen LogP contribution in [-0.2, 0) is 9.53 Å². The summed E-state index contributed by atoms with van der Waals surface area (Å²) >= 11 is 0. The van der Waals surface area contributed by atoms with E-state index in [1.807, 2.05) is 13.8 Å². The SMILES string of the molecule is C=CC(C)N.CCCOC(=O)CC. The summed E-state index contributed by atoms with van der Waals surface area (Å²) < 4.78 is 4.70. The Morgan fingerprint density at radius 2 is 2.08 bits per heavy atom. The monoisotopic (exact) mass is 187 g/mol. The molecule has 13 heavy (non-hydrogen) atoms. The number of esters is 1. The molecule has 0 bridgehead atoms. The Balaban J connectivity index is 0. The minimum absolute atomic E-state index is 0.105. The lowest BCUT2D eigenvalue weighted by atomic mass is 10.4. The molecule has 0 saturated carbocycles. The third-order valence-electron chi connectivity index (χ3n) is 1.13. The zero-order valence-corrected chi connectivity index (χ0v) is 8.88. The highest BCUT2D eigenvalue weighted by molar-refractivity contribution is 5.68. The van der Waals surface area contributed by atoms with Crippen molar-refractivity contribution in [3.63, 3.8) is 0 Å². The second kappa shape index (κ2) is 11.2. The van der Waals surface area contributed by atoms with Gasteiger partial charge >= 0.3 is 5.97 Å². The minimum Gasteiger partial charge on any atom is -0.466 e. The molecule has 0 radical (unpaired) electrons. The van der Waals surface area contributed by atoms with E-state index in [1.165, 1.54) is 0 Å². The lowest BCUT2D eigenvalue weighted by Crippen LogP contribution is -2.09. The topological polar surface area (TPSA) is 52.3 Å². The van der Waals surface area contributed by atoms with Crippen LogP contribution in [0.2, 0.25) is 0 Å². The molecule has 2 N–H and O–H groups in total. The summed E-state index contributed by atoms with van der Waals surface area (Å²) in [5.41, 5.74) is 5.17. The molecule has 0 aliphatic carbocycles. The number of ether oxygens (including phenoxy) is 1. The van der Waals surface area contributed by atoms with Crippen LogP contribution in [0.25, 0.3) is 0 Å². The Labute approximate surface area is 81.0 Å². The van der Waals surface area contributed by atoms with Crippen LogP contribution in [0.5, 0.6) is 0 Å². The average molecular weight is 187 g/mol. The summed E-state index contributed by atoms with van der Waals surface area (Å²) in [4.78, 5) is 10.3. The predicted molar refractivity (Wildman–Crippen MR) is 55.4 cm³/mol. The number of carbonyl (C=O) groups is 1. The Bertz CT molecular complexity index is 133. The third-order valence-corrected chi connectivity index (χ3v) is 1.13. The van der Waals surface area contributed by atoms with Crippen LogP contribution in [0, 0.1) is 0 Å². The van der Waals surface area contributed by atoms with E-state index in [0.717, 1.165) is 6.42 Å². The zero-order valence-electron chi connectivity index (χ0n) is 8.88. The fraction of sp³-hybridized carbons (Fsp3) is 0.700. The molecule has 0 aliphatic heterocycles. The van der Waals surface area contributed by atoms with Crippen LogP contribution in [0.3, 0.4) is 0 Å². The lowest BCUT2D eigenvalue weighted by Gasteiger charge is -1.97. The van der Waals surface area contributed by atoms with E-state index in [0.29, 0.717) is 13.0 Å². The number of nitrogens with two attached hydrogens (primary N) is 1. The quantitative estimate of drug-likeness (QED) is 0.540. The van der Waals surface area contributed by atoms with E-state index >= 15 is 0 Å². The Kier molecular flexibility index (Phi) is 12.6. The molecule has 1 atom stereocenters. The molecule has 0 amide bonds. The maximum atomic E-state index is 10.3. The highest BCUT2D eigenvalue weighted by Crippen LogP contribution is 1.85. The van der Waals surface area contributed by atoms with Crippen LogP contribution in [0.1, 0.15) is 33.6 Å². The molecule has 0 heterocycles. The van der Waals surface area contributed by atoms with E-state index in [4.69, 9.17) is 10.5 Å². The number of hydrogen-bond acceptors (Lipinski definition) is 3. The standard InChI is InChI=1S/C6H12O2.C4H9N/c1-3-5-8-6(7)4-2;1-3-4(2)5/h3-5H2,1-2H3;3-4H,1,5H2,2H3. The van der Waals surface area contributed by atoms with Crippen LogP contribution >= 0.6 is 0 Å². The molecule has 0 saturated heterocycles. The van der Waals surface area contributed by atoms with Crippen molar-refractivity contribution in [1.29, 1.82) is 0 Å². The first kappa shape index (κ1) is 14.7. The van der Waals surface area contributed by atoms with Crippen molar-refractivity contribution >= 4 is 5.97 Å². The largest absolute Gasteiger partial charge is 0.466 e. The molecule has 1 unspecified atom stereocenters. The molecule has 78 valence electrons. The maximum absolute atomic E-state index is 10.3. The van der Waals surface area contributed by atoms with Crippen LogP contribution in [0.4, 0.5) is 0 Å². The highest BCUT2D eigenvalue weighted by atomic mass is 16.5. The van der Waals surface area contributed by atoms with Crippen LogP contribution in [0.15, 0.2) is 12.7 Å². The first-order valence-electron chi connectivity index (χ1n) is 4.62. The van der Waals surface area contributed by atoms with Gasteiger partial charge in [0.1, 0.15) is 0 Å². The second-order valence-corrected chi connectivity index (χ2v) is 2.67. The molecule has 0 spiro atoms. The van der Waals surface area contributed by atoms with Crippen molar-refractivity contribution < 1.29 is 9.53 Å². The van der Waals surface area contributed by atoms with Crippen LogP contribution in [-0.4, -0.2) is 18.6 Å². The second-order valence-electron chi connectivity index (χ2n) is 2.67. The van der Waals surface area contributed by atoms with Crippen molar-refractivity contribution in [3.05, 3.63) is 12.7 Å². The predicted octanol–water partition coefficient (Wildman–Crippen LogP) is 1.87. The molecule has 0 aliphatic rings. The summed E-state index contributed by atoms with van der Waals surface area (Å²) in [6.45, 7) is 9.64. The van der Waals surface area contributed by atoms with E-state index in [1.54, 1.807) is 13.0 Å². The van der Waals surface area contributed by atoms with Gasteiger partial charge in [-0.1, -0.05) is 19.9 Å². The van der Waals surface area contributed by atoms with E-state index in [2.05, 4.69) is 6.58 Å². The first-order chi connectivity index (χ1) is 6.08. The van der Waals surface area contributed by atoms with Gasteiger partial charge in [-0.25, -0.2) is 0 Å². The molecular weight excluding hydrogens is 166 g/mol. The molecule has 0 aromatic heterocycles. The summed E-state index contributed by atoms with van der Waals surface area (Å²) in [5.74, 6) is -0.105. The minimum atomic E-state index is -0.105. The molecule has 0 aromatic carbocycles. The van der Waals surface area contributed by atoms with Crippen molar-refractivity contribution in [3.8, 4) is 0 Å². The highest BCUT2D eigenvalue weighted by Gasteiger charge is 1.93. The van der Waals surface area contributed by atoms with Crippen molar-refractivity contribution in [2.24, 2.45) is 5.73 Å². The summed E-state index contributed by atoms with van der Waals surface area (Å²) in [7, 11) is 0. The van der Waals surface area contributed by atoms with Gasteiger partial charge in [0.25, 0.3) is 0 Å². The third kappa shape index (κ3) is 18.3. The van der Waals surface area contributed by atoms with E-state index in [9.17, 15) is 4.79 Å². The lowest BCUT2D eigenvalue weighted by molar-refractivity contribution is -0.143. The summed E-state index contributed by atoms with van der Waals surface area (Å²) in [6, 6.07) is 0.148. The van der Waals surface area contributed by atoms with Gasteiger partial charge in [-0.2, -0.15) is 0 Å². The van der Waals surface area contributed by atoms with Crippen molar-refractivity contribution in [1.82, 2.24) is 0 Å². The number of hydrogen-bond donors (Lipinski definition) is 1. The average Bonchev–Trinajstić information content (AvgIpc) is 2.15. The van der Waals surface area contributed by atoms with Gasteiger partial charge in [0.2, 0.25) is 0 Å². The van der Waals surface area contributed by atoms with Gasteiger partial charge in [0, 0.05) is 12.5 Å². The van der Waals surface area contributed by atoms with Gasteiger partial charge in [-0.3, -0.25) is 4.79 Å². The van der Waals surface area contributed by atoms with Crippen LogP contribution < -0.4 is 5.73 Å².